The number of rotatable bonds is 15. The van der Waals surface area contributed by atoms with Gasteiger partial charge in [-0.1, -0.05) is 12.8 Å². The first-order valence-corrected chi connectivity index (χ1v) is 12.8. The Morgan fingerprint density at radius 2 is 1.85 bits per heavy atom. The number of anilines is 1. The van der Waals surface area contributed by atoms with Crippen molar-refractivity contribution in [3.05, 3.63) is 12.7 Å². The molecule has 0 unspecified atom stereocenters. The fourth-order valence-electron chi connectivity index (χ4n) is 4.03. The number of ether oxygens (including phenoxy) is 1. The SMILES string of the molecule is NCCCNCCCCC[C@@H](CCN)SC[C@H]1O[C@@H](n2cnc3c(N)ncnc32)[C@H](O)[C@@H]1O. The third-order valence-electron chi connectivity index (χ3n) is 5.92. The highest BCUT2D eigenvalue weighted by atomic mass is 32.2. The van der Waals surface area contributed by atoms with E-state index in [9.17, 15) is 10.2 Å². The number of fused-ring (bicyclic) bond motifs is 1. The number of hydrogen-bond donors (Lipinski definition) is 6. The Hall–Kier alpha value is -1.54. The fourth-order valence-corrected chi connectivity index (χ4v) is 5.41. The van der Waals surface area contributed by atoms with Crippen LogP contribution >= 0.6 is 11.8 Å². The summed E-state index contributed by atoms with van der Waals surface area (Å²) in [6.45, 7) is 3.35. The second-order valence-corrected chi connectivity index (χ2v) is 9.74. The predicted octanol–water partition coefficient (Wildman–Crippen LogP) is -0.0229. The maximum absolute atomic E-state index is 10.6. The third kappa shape index (κ3) is 6.98. The lowest BCUT2D eigenvalue weighted by molar-refractivity contribution is -0.0289. The zero-order valence-electron chi connectivity index (χ0n) is 19.1. The van der Waals surface area contributed by atoms with Gasteiger partial charge in [0.25, 0.3) is 0 Å². The highest BCUT2D eigenvalue weighted by molar-refractivity contribution is 7.99. The highest BCUT2D eigenvalue weighted by Crippen LogP contribution is 2.34. The van der Waals surface area contributed by atoms with Crippen molar-refractivity contribution < 1.29 is 14.9 Å². The first kappa shape index (κ1) is 26.1. The summed E-state index contributed by atoms with van der Waals surface area (Å²) in [7, 11) is 0. The van der Waals surface area contributed by atoms with Crippen LogP contribution in [0.3, 0.4) is 0 Å². The lowest BCUT2D eigenvalue weighted by Gasteiger charge is -2.20. The molecule has 1 aliphatic heterocycles. The molecule has 2 aromatic rings. The van der Waals surface area contributed by atoms with E-state index in [0.29, 0.717) is 28.7 Å². The topological polar surface area (TPSA) is 183 Å². The highest BCUT2D eigenvalue weighted by Gasteiger charge is 2.44. The maximum atomic E-state index is 10.6. The quantitative estimate of drug-likeness (QED) is 0.187. The first-order chi connectivity index (χ1) is 16.1. The summed E-state index contributed by atoms with van der Waals surface area (Å²) in [5.74, 6) is 0.832. The molecule has 186 valence electrons. The van der Waals surface area contributed by atoms with E-state index in [2.05, 4.69) is 20.3 Å². The molecule has 0 radical (unpaired) electrons. The molecule has 0 aromatic carbocycles. The van der Waals surface area contributed by atoms with E-state index in [4.69, 9.17) is 21.9 Å². The number of unbranched alkanes of at least 4 members (excludes halogenated alkanes) is 2. The molecule has 0 aliphatic carbocycles. The van der Waals surface area contributed by atoms with Gasteiger partial charge in [0.2, 0.25) is 0 Å². The number of thioether (sulfide) groups is 1. The van der Waals surface area contributed by atoms with Crippen LogP contribution in [0.4, 0.5) is 5.82 Å². The molecule has 0 saturated carbocycles. The number of imidazole rings is 1. The van der Waals surface area contributed by atoms with Gasteiger partial charge >= 0.3 is 0 Å². The summed E-state index contributed by atoms with van der Waals surface area (Å²) in [6, 6.07) is 0. The summed E-state index contributed by atoms with van der Waals surface area (Å²) in [6.07, 6.45) is 5.91. The van der Waals surface area contributed by atoms with Gasteiger partial charge in [-0.2, -0.15) is 11.8 Å². The molecule has 9 N–H and O–H groups in total. The number of nitrogens with two attached hydrogens (primary N) is 3. The van der Waals surface area contributed by atoms with Gasteiger partial charge in [-0.25, -0.2) is 15.0 Å². The average molecular weight is 483 g/mol. The molecule has 1 fully saturated rings. The van der Waals surface area contributed by atoms with E-state index in [1.165, 1.54) is 19.1 Å². The van der Waals surface area contributed by atoms with Gasteiger partial charge in [-0.15, -0.1) is 0 Å². The van der Waals surface area contributed by atoms with Gasteiger partial charge in [-0.05, 0) is 51.9 Å². The Labute approximate surface area is 198 Å². The van der Waals surface area contributed by atoms with E-state index in [1.54, 1.807) is 16.3 Å². The molecule has 0 bridgehead atoms. The smallest absolute Gasteiger partial charge is 0.167 e. The van der Waals surface area contributed by atoms with E-state index in [0.717, 1.165) is 51.7 Å². The molecule has 1 saturated heterocycles. The summed E-state index contributed by atoms with van der Waals surface area (Å²) in [4.78, 5) is 12.4. The molecular formula is C21H38N8O3S. The number of aromatic nitrogens is 4. The Kier molecular flexibility index (Phi) is 10.6. The lowest BCUT2D eigenvalue weighted by Crippen LogP contribution is -2.33. The van der Waals surface area contributed by atoms with Crippen LogP contribution in [-0.2, 0) is 4.74 Å². The Balaban J connectivity index is 1.47. The van der Waals surface area contributed by atoms with Gasteiger partial charge in [-0.3, -0.25) is 4.57 Å². The monoisotopic (exact) mass is 482 g/mol. The largest absolute Gasteiger partial charge is 0.387 e. The number of aliphatic hydroxyl groups excluding tert-OH is 2. The molecule has 1 aliphatic rings. The van der Waals surface area contributed by atoms with Crippen molar-refractivity contribution in [2.45, 2.75) is 68.3 Å². The first-order valence-electron chi connectivity index (χ1n) is 11.7. The summed E-state index contributed by atoms with van der Waals surface area (Å²) < 4.78 is 7.65. The third-order valence-corrected chi connectivity index (χ3v) is 7.38. The van der Waals surface area contributed by atoms with Gasteiger partial charge in [0.15, 0.2) is 17.7 Å². The summed E-state index contributed by atoms with van der Waals surface area (Å²) in [5, 5.41) is 25.0. The van der Waals surface area contributed by atoms with Crippen LogP contribution in [0, 0.1) is 0 Å². The van der Waals surface area contributed by atoms with E-state index >= 15 is 0 Å². The minimum Gasteiger partial charge on any atom is -0.387 e. The standard InChI is InChI=1S/C21H38N8O3S/c22-7-4-10-25-9-3-1-2-5-14(6-8-23)33-11-15-17(30)18(31)21(32-15)29-13-28-16-19(24)26-12-27-20(16)29/h12-15,17-18,21,25,30-31H,1-11,22-23H2,(H2,24,26,27)/t14-,15+,17+,18+,21+/m0/s1. The molecule has 12 heteroatoms. The predicted molar refractivity (Wildman–Crippen MR) is 131 cm³/mol. The van der Waals surface area contributed by atoms with E-state index < -0.39 is 24.5 Å². The number of nitrogen functional groups attached to an aromatic ring is 1. The van der Waals surface area contributed by atoms with Crippen molar-refractivity contribution in [3.63, 3.8) is 0 Å². The lowest BCUT2D eigenvalue weighted by atomic mass is 10.1. The fraction of sp³-hybridized carbons (Fsp3) is 0.762. The molecule has 0 amide bonds. The summed E-state index contributed by atoms with van der Waals surface area (Å²) in [5.41, 5.74) is 18.1. The number of hydrogen-bond acceptors (Lipinski definition) is 11. The number of aliphatic hydroxyl groups is 2. The average Bonchev–Trinajstić information content (AvgIpc) is 3.36. The maximum Gasteiger partial charge on any atom is 0.167 e. The normalized spacial score (nSPS) is 24.0. The summed E-state index contributed by atoms with van der Waals surface area (Å²) >= 11 is 1.75. The van der Waals surface area contributed by atoms with Gasteiger partial charge in [0.05, 0.1) is 12.4 Å². The molecule has 33 heavy (non-hydrogen) atoms. The van der Waals surface area contributed by atoms with Crippen LogP contribution in [0.5, 0.6) is 0 Å². The minimum absolute atomic E-state index is 0.259. The molecule has 5 atom stereocenters. The van der Waals surface area contributed by atoms with E-state index in [1.807, 2.05) is 0 Å². The Bertz CT molecular complexity index is 841. The van der Waals surface area contributed by atoms with Crippen molar-refractivity contribution in [2.24, 2.45) is 11.5 Å². The van der Waals surface area contributed by atoms with E-state index in [-0.39, 0.29) is 5.82 Å². The van der Waals surface area contributed by atoms with Crippen LogP contribution < -0.4 is 22.5 Å². The molecular weight excluding hydrogens is 444 g/mol. The second kappa shape index (κ2) is 13.4. The van der Waals surface area contributed by atoms with Gasteiger partial charge < -0.3 is 37.5 Å². The zero-order valence-corrected chi connectivity index (χ0v) is 19.9. The van der Waals surface area contributed by atoms with Crippen LogP contribution in [-0.4, -0.2) is 85.2 Å². The Morgan fingerprint density at radius 3 is 2.64 bits per heavy atom. The van der Waals surface area contributed by atoms with Crippen LogP contribution in [0.25, 0.3) is 11.2 Å². The van der Waals surface area contributed by atoms with Crippen LogP contribution in [0.15, 0.2) is 12.7 Å². The van der Waals surface area contributed by atoms with Crippen molar-refractivity contribution in [3.8, 4) is 0 Å². The molecule has 2 aromatic heterocycles. The van der Waals surface area contributed by atoms with Crippen molar-refractivity contribution in [1.29, 1.82) is 0 Å². The molecule has 3 heterocycles. The van der Waals surface area contributed by atoms with Crippen molar-refractivity contribution in [1.82, 2.24) is 24.8 Å². The second-order valence-electron chi connectivity index (χ2n) is 8.40. The minimum atomic E-state index is -1.09. The molecule has 11 nitrogen and oxygen atoms in total. The molecule has 0 spiro atoms. The van der Waals surface area contributed by atoms with Crippen molar-refractivity contribution >= 4 is 28.7 Å². The molecule has 3 rings (SSSR count). The Morgan fingerprint density at radius 1 is 1.03 bits per heavy atom. The van der Waals surface area contributed by atoms with Crippen LogP contribution in [0.1, 0.15) is 44.8 Å². The van der Waals surface area contributed by atoms with Crippen molar-refractivity contribution in [2.75, 3.05) is 37.7 Å². The number of nitrogens with one attached hydrogen (secondary N) is 1. The van der Waals surface area contributed by atoms with Gasteiger partial charge in [0.1, 0.15) is 24.1 Å². The number of nitrogens with zero attached hydrogens (tertiary/aromatic N) is 4. The zero-order chi connectivity index (χ0) is 23.6. The van der Waals surface area contributed by atoms with Gasteiger partial charge in [0, 0.05) is 11.0 Å². The van der Waals surface area contributed by atoms with Crippen LogP contribution in [0.2, 0.25) is 0 Å².